The molecule has 3 aliphatic rings. The molecule has 1 unspecified atom stereocenters. The largest absolute Gasteiger partial charge is 0.451 e. The lowest BCUT2D eigenvalue weighted by molar-refractivity contribution is -0.124. The van der Waals surface area contributed by atoms with E-state index in [9.17, 15) is 14.4 Å². The van der Waals surface area contributed by atoms with E-state index in [1.54, 1.807) is 12.3 Å². The van der Waals surface area contributed by atoms with Crippen LogP contribution in [0.3, 0.4) is 0 Å². The van der Waals surface area contributed by atoms with Crippen molar-refractivity contribution in [2.45, 2.75) is 56.9 Å². The molecule has 180 valence electrons. The fourth-order valence-electron chi connectivity index (χ4n) is 5.35. The molecule has 2 fully saturated rings. The fraction of sp³-hybridized carbons (Fsp3) is 0.542. The average molecular weight is 468 g/mol. The van der Waals surface area contributed by atoms with Crippen LogP contribution in [0.15, 0.2) is 29.3 Å². The zero-order valence-electron chi connectivity index (χ0n) is 19.1. The summed E-state index contributed by atoms with van der Waals surface area (Å²) in [7, 11) is 0. The number of carbonyl (C=O) groups excluding carboxylic acids is 3. The van der Waals surface area contributed by atoms with Gasteiger partial charge >= 0.3 is 0 Å². The van der Waals surface area contributed by atoms with Gasteiger partial charge in [-0.2, -0.15) is 0 Å². The summed E-state index contributed by atoms with van der Waals surface area (Å²) in [6, 6.07) is 0.956. The summed E-state index contributed by atoms with van der Waals surface area (Å²) >= 11 is 0. The van der Waals surface area contributed by atoms with E-state index in [0.29, 0.717) is 43.5 Å². The smallest absolute Gasteiger partial charge is 0.273 e. The fourth-order valence-corrected chi connectivity index (χ4v) is 5.35. The van der Waals surface area contributed by atoms with E-state index in [1.165, 1.54) is 12.7 Å². The Hall–Kier alpha value is -3.27. The predicted molar refractivity (Wildman–Crippen MR) is 122 cm³/mol. The molecule has 2 aromatic rings. The minimum Gasteiger partial charge on any atom is -0.451 e. The van der Waals surface area contributed by atoms with Gasteiger partial charge in [0.25, 0.3) is 5.91 Å². The van der Waals surface area contributed by atoms with Gasteiger partial charge in [0, 0.05) is 31.0 Å². The van der Waals surface area contributed by atoms with Gasteiger partial charge in [-0.15, -0.1) is 0 Å². The molecule has 3 N–H and O–H groups in total. The molecule has 0 bridgehead atoms. The zero-order valence-corrected chi connectivity index (χ0v) is 19.1. The lowest BCUT2D eigenvalue weighted by atomic mass is 9.76. The molecule has 4 heterocycles. The summed E-state index contributed by atoms with van der Waals surface area (Å²) in [5, 5.41) is 8.64. The van der Waals surface area contributed by atoms with Crippen molar-refractivity contribution >= 4 is 29.2 Å². The van der Waals surface area contributed by atoms with Crippen molar-refractivity contribution in [2.75, 3.05) is 23.8 Å². The number of aromatic nitrogens is 2. The maximum Gasteiger partial charge on any atom is 0.273 e. The monoisotopic (exact) mass is 467 g/mol. The predicted octanol–water partition coefficient (Wildman–Crippen LogP) is 2.63. The number of hydrogen-bond donors (Lipinski definition) is 3. The maximum atomic E-state index is 13.3. The van der Waals surface area contributed by atoms with Crippen molar-refractivity contribution in [3.05, 3.63) is 36.2 Å². The second kappa shape index (κ2) is 9.17. The number of amides is 3. The minimum atomic E-state index is -0.733. The third-order valence-corrected chi connectivity index (χ3v) is 7.47. The van der Waals surface area contributed by atoms with E-state index < -0.39 is 17.4 Å². The van der Waals surface area contributed by atoms with E-state index in [2.05, 4.69) is 32.8 Å². The number of fused-ring (bicyclic) bond motifs is 2. The zero-order chi connectivity index (χ0) is 23.7. The van der Waals surface area contributed by atoms with E-state index in [1.807, 2.05) is 0 Å². The third-order valence-electron chi connectivity index (χ3n) is 7.47. The standard InChI is InChI=1S/C24H29N5O5/c1-14-2-4-15(5-3-14)20(29-21(30)18-12-34-13-26-18)22(31)28-19-10-17-16(11-25-19)24(23(32)27-17)6-8-33-9-7-24/h10-15,20H,2-9H2,1H3,(H,27,32)(H,29,30)(H,25,28,31). The van der Waals surface area contributed by atoms with Gasteiger partial charge in [0.1, 0.15) is 18.1 Å². The van der Waals surface area contributed by atoms with Crippen LogP contribution < -0.4 is 16.0 Å². The molecular formula is C24H29N5O5. The number of carbonyl (C=O) groups is 3. The number of nitrogens with zero attached hydrogens (tertiary/aromatic N) is 2. The van der Waals surface area contributed by atoms with Gasteiger partial charge in [-0.25, -0.2) is 9.97 Å². The van der Waals surface area contributed by atoms with Crippen molar-refractivity contribution in [3.63, 3.8) is 0 Å². The van der Waals surface area contributed by atoms with Crippen LogP contribution in [0.2, 0.25) is 0 Å². The molecular weight excluding hydrogens is 438 g/mol. The number of hydrogen-bond acceptors (Lipinski definition) is 7. The van der Waals surface area contributed by atoms with Crippen molar-refractivity contribution in [1.29, 1.82) is 0 Å². The molecule has 3 amide bonds. The second-order valence-corrected chi connectivity index (χ2v) is 9.60. The number of pyridine rings is 1. The van der Waals surface area contributed by atoms with Crippen LogP contribution in [0.4, 0.5) is 11.5 Å². The topological polar surface area (TPSA) is 135 Å². The van der Waals surface area contributed by atoms with Crippen LogP contribution in [-0.4, -0.2) is 46.9 Å². The lowest BCUT2D eigenvalue weighted by Crippen LogP contribution is -2.49. The highest BCUT2D eigenvalue weighted by Crippen LogP contribution is 2.44. The Kier molecular flexibility index (Phi) is 6.07. The van der Waals surface area contributed by atoms with Crippen LogP contribution in [0.5, 0.6) is 0 Å². The van der Waals surface area contributed by atoms with E-state index in [-0.39, 0.29) is 23.4 Å². The number of rotatable bonds is 5. The molecule has 10 nitrogen and oxygen atoms in total. The van der Waals surface area contributed by atoms with Gasteiger partial charge in [0.05, 0.1) is 11.1 Å². The van der Waals surface area contributed by atoms with Crippen molar-refractivity contribution in [2.24, 2.45) is 11.8 Å². The SMILES string of the molecule is CC1CCC(C(NC(=O)c2cocn2)C(=O)Nc2cc3c(cn2)C2(CCOCC2)C(=O)N3)CC1. The van der Waals surface area contributed by atoms with Crippen LogP contribution in [0.1, 0.15) is 61.5 Å². The molecule has 34 heavy (non-hydrogen) atoms. The Bertz CT molecular complexity index is 1070. The third kappa shape index (κ3) is 4.18. The second-order valence-electron chi connectivity index (χ2n) is 9.60. The van der Waals surface area contributed by atoms with Crippen LogP contribution in [-0.2, 0) is 19.7 Å². The Balaban J connectivity index is 1.34. The van der Waals surface area contributed by atoms with Gasteiger partial charge in [-0.3, -0.25) is 14.4 Å². The highest BCUT2D eigenvalue weighted by Gasteiger charge is 2.48. The van der Waals surface area contributed by atoms with Crippen molar-refractivity contribution in [3.8, 4) is 0 Å². The van der Waals surface area contributed by atoms with E-state index in [0.717, 1.165) is 31.2 Å². The molecule has 1 spiro atoms. The molecule has 2 aromatic heterocycles. The molecule has 1 saturated carbocycles. The molecule has 5 rings (SSSR count). The van der Waals surface area contributed by atoms with Crippen LogP contribution in [0, 0.1) is 11.8 Å². The first-order chi connectivity index (χ1) is 16.5. The molecule has 1 saturated heterocycles. The highest BCUT2D eigenvalue weighted by molar-refractivity contribution is 6.07. The summed E-state index contributed by atoms with van der Waals surface area (Å²) in [4.78, 5) is 47.1. The van der Waals surface area contributed by atoms with Gasteiger partial charge in [0.2, 0.25) is 11.8 Å². The first kappa shape index (κ1) is 22.5. The van der Waals surface area contributed by atoms with Gasteiger partial charge < -0.3 is 25.1 Å². The van der Waals surface area contributed by atoms with Gasteiger partial charge in [-0.1, -0.05) is 19.8 Å². The lowest BCUT2D eigenvalue weighted by Gasteiger charge is -2.32. The Morgan fingerprint density at radius 3 is 2.65 bits per heavy atom. The minimum absolute atomic E-state index is 0.00619. The number of ether oxygens (including phenoxy) is 1. The summed E-state index contributed by atoms with van der Waals surface area (Å²) in [5.41, 5.74) is 1.01. The van der Waals surface area contributed by atoms with Crippen molar-refractivity contribution in [1.82, 2.24) is 15.3 Å². The Labute approximate surface area is 197 Å². The summed E-state index contributed by atoms with van der Waals surface area (Å²) in [5.74, 6) is 0.0951. The number of anilines is 2. The van der Waals surface area contributed by atoms with Crippen LogP contribution in [0.25, 0.3) is 0 Å². The average Bonchev–Trinajstić information content (AvgIpc) is 3.46. The van der Waals surface area contributed by atoms with E-state index >= 15 is 0 Å². The Morgan fingerprint density at radius 2 is 1.94 bits per heavy atom. The first-order valence-corrected chi connectivity index (χ1v) is 11.9. The highest BCUT2D eigenvalue weighted by atomic mass is 16.5. The number of nitrogens with one attached hydrogen (secondary N) is 3. The van der Waals surface area contributed by atoms with Crippen LogP contribution >= 0.6 is 0 Å². The summed E-state index contributed by atoms with van der Waals surface area (Å²) < 4.78 is 10.3. The first-order valence-electron chi connectivity index (χ1n) is 11.9. The normalized spacial score (nSPS) is 24.2. The molecule has 0 aromatic carbocycles. The maximum absolute atomic E-state index is 13.3. The summed E-state index contributed by atoms with van der Waals surface area (Å²) in [6.45, 7) is 3.25. The summed E-state index contributed by atoms with van der Waals surface area (Å²) in [6.07, 6.45) is 9.01. The Morgan fingerprint density at radius 1 is 1.18 bits per heavy atom. The molecule has 2 aliphatic heterocycles. The van der Waals surface area contributed by atoms with Crippen molar-refractivity contribution < 1.29 is 23.5 Å². The van der Waals surface area contributed by atoms with Gasteiger partial charge in [-0.05, 0) is 37.5 Å². The van der Waals surface area contributed by atoms with E-state index in [4.69, 9.17) is 9.15 Å². The van der Waals surface area contributed by atoms with Gasteiger partial charge in [0.15, 0.2) is 12.1 Å². The number of oxazole rings is 1. The quantitative estimate of drug-likeness (QED) is 0.615. The molecule has 10 heteroatoms. The molecule has 0 radical (unpaired) electrons. The molecule has 1 atom stereocenters. The molecule has 1 aliphatic carbocycles.